The van der Waals surface area contributed by atoms with E-state index in [4.69, 9.17) is 0 Å². The number of nitrogens with zero attached hydrogens (tertiary/aromatic N) is 9. The van der Waals surface area contributed by atoms with E-state index < -0.39 is 5.92 Å². The second-order valence-corrected chi connectivity index (χ2v) is 7.91. The first-order valence-corrected chi connectivity index (χ1v) is 8.71. The molecule has 0 unspecified atom stereocenters. The molecule has 0 atom stereocenters. The monoisotopic (exact) mass is 377 g/mol. The third-order valence-corrected chi connectivity index (χ3v) is 4.61. The summed E-state index contributed by atoms with van der Waals surface area (Å²) in [5, 5.41) is 11.5. The van der Waals surface area contributed by atoms with E-state index in [-0.39, 0.29) is 24.9 Å². The van der Waals surface area contributed by atoms with E-state index >= 15 is 0 Å². The molecule has 4 rings (SSSR count). The van der Waals surface area contributed by atoms with Gasteiger partial charge in [0.25, 0.3) is 5.92 Å². The summed E-state index contributed by atoms with van der Waals surface area (Å²) in [6.45, 7) is 6.22. The summed E-state index contributed by atoms with van der Waals surface area (Å²) < 4.78 is 30.9. The quantitative estimate of drug-likeness (QED) is 0.684. The molecule has 1 fully saturated rings. The Kier molecular flexibility index (Phi) is 3.86. The fourth-order valence-electron chi connectivity index (χ4n) is 3.05. The van der Waals surface area contributed by atoms with Crippen LogP contribution in [0.4, 0.5) is 14.6 Å². The van der Waals surface area contributed by atoms with Gasteiger partial charge in [-0.2, -0.15) is 0 Å². The van der Waals surface area contributed by atoms with Crippen molar-refractivity contribution in [2.45, 2.75) is 45.1 Å². The predicted molar refractivity (Wildman–Crippen MR) is 93.7 cm³/mol. The van der Waals surface area contributed by atoms with E-state index in [9.17, 15) is 8.78 Å². The van der Waals surface area contributed by atoms with Gasteiger partial charge in [-0.1, -0.05) is 20.8 Å². The molecule has 0 aliphatic carbocycles. The Morgan fingerprint density at radius 3 is 2.59 bits per heavy atom. The molecular weight excluding hydrogens is 356 g/mol. The van der Waals surface area contributed by atoms with Crippen molar-refractivity contribution in [3.05, 3.63) is 18.0 Å². The molecule has 0 N–H and O–H groups in total. The van der Waals surface area contributed by atoms with Crippen LogP contribution < -0.4 is 4.90 Å². The number of tetrazole rings is 1. The predicted octanol–water partition coefficient (Wildman–Crippen LogP) is 1.54. The lowest BCUT2D eigenvalue weighted by Crippen LogP contribution is -2.27. The molecule has 3 aromatic heterocycles. The molecule has 144 valence electrons. The summed E-state index contributed by atoms with van der Waals surface area (Å²) in [5.41, 5.74) is 0.756. The van der Waals surface area contributed by atoms with Gasteiger partial charge < -0.3 is 9.47 Å². The van der Waals surface area contributed by atoms with Crippen LogP contribution in [0.25, 0.3) is 11.2 Å². The van der Waals surface area contributed by atoms with Crippen molar-refractivity contribution >= 4 is 17.0 Å². The number of imidazole rings is 1. The molecule has 3 aromatic rings. The fraction of sp³-hybridized carbons (Fsp3) is 0.625. The molecular formula is C16H21F2N9. The van der Waals surface area contributed by atoms with Crippen LogP contribution in [0.3, 0.4) is 0 Å². The largest absolute Gasteiger partial charge is 0.348 e. The van der Waals surface area contributed by atoms with Crippen LogP contribution in [0.1, 0.15) is 38.8 Å². The molecule has 1 saturated heterocycles. The summed E-state index contributed by atoms with van der Waals surface area (Å²) in [4.78, 5) is 15.3. The zero-order chi connectivity index (χ0) is 19.4. The zero-order valence-corrected chi connectivity index (χ0v) is 15.7. The number of aryl methyl sites for hydroxylation is 1. The number of fused-ring (bicyclic) bond motifs is 1. The first kappa shape index (κ1) is 17.7. The van der Waals surface area contributed by atoms with Gasteiger partial charge >= 0.3 is 0 Å². The van der Waals surface area contributed by atoms with Crippen LogP contribution in [0, 0.1) is 0 Å². The highest BCUT2D eigenvalue weighted by Gasteiger charge is 2.40. The van der Waals surface area contributed by atoms with Crippen LogP contribution >= 0.6 is 0 Å². The Bertz CT molecular complexity index is 986. The molecule has 1 aliphatic rings. The van der Waals surface area contributed by atoms with Crippen LogP contribution in [-0.4, -0.2) is 58.7 Å². The summed E-state index contributed by atoms with van der Waals surface area (Å²) in [6, 6.07) is 0. The van der Waals surface area contributed by atoms with Crippen molar-refractivity contribution in [1.29, 1.82) is 0 Å². The summed E-state index contributed by atoms with van der Waals surface area (Å²) in [6.07, 6.45) is 1.44. The maximum atomic E-state index is 13.8. The van der Waals surface area contributed by atoms with Gasteiger partial charge in [0.05, 0.1) is 19.4 Å². The van der Waals surface area contributed by atoms with Gasteiger partial charge in [-0.25, -0.2) is 28.4 Å². The van der Waals surface area contributed by atoms with E-state index in [1.165, 1.54) is 0 Å². The Labute approximate surface area is 154 Å². The third-order valence-electron chi connectivity index (χ3n) is 4.61. The normalized spacial score (nSPS) is 17.2. The highest BCUT2D eigenvalue weighted by Crippen LogP contribution is 2.34. The smallest absolute Gasteiger partial charge is 0.266 e. The van der Waals surface area contributed by atoms with Gasteiger partial charge in [0, 0.05) is 25.4 Å². The standard InChI is InChI=1S/C16H21F2N9/c1-15(2,3)14-20-12(26-6-5-16(17,18)8-26)11-13(21-14)27(9-19-11)7-10-22-23-24-25(10)4/h9H,5-8H2,1-4H3. The van der Waals surface area contributed by atoms with Gasteiger partial charge in [0.1, 0.15) is 5.82 Å². The van der Waals surface area contributed by atoms with Crippen molar-refractivity contribution in [2.24, 2.45) is 7.05 Å². The molecule has 9 nitrogen and oxygen atoms in total. The molecule has 0 amide bonds. The van der Waals surface area contributed by atoms with Crippen molar-refractivity contribution < 1.29 is 8.78 Å². The van der Waals surface area contributed by atoms with Gasteiger partial charge in [0.15, 0.2) is 22.8 Å². The van der Waals surface area contributed by atoms with Crippen molar-refractivity contribution in [3.8, 4) is 0 Å². The van der Waals surface area contributed by atoms with Crippen LogP contribution in [0.2, 0.25) is 0 Å². The number of alkyl halides is 2. The molecule has 0 saturated carbocycles. The van der Waals surface area contributed by atoms with Gasteiger partial charge in [-0.3, -0.25) is 0 Å². The summed E-state index contributed by atoms with van der Waals surface area (Å²) >= 11 is 0. The maximum absolute atomic E-state index is 13.8. The van der Waals surface area contributed by atoms with Gasteiger partial charge in [-0.15, -0.1) is 5.10 Å². The van der Waals surface area contributed by atoms with Crippen LogP contribution in [-0.2, 0) is 19.0 Å². The highest BCUT2D eigenvalue weighted by atomic mass is 19.3. The number of rotatable bonds is 3. The molecule has 1 aliphatic heterocycles. The first-order valence-electron chi connectivity index (χ1n) is 8.71. The highest BCUT2D eigenvalue weighted by molar-refractivity contribution is 5.84. The third kappa shape index (κ3) is 3.21. The van der Waals surface area contributed by atoms with Gasteiger partial charge in [-0.05, 0) is 10.4 Å². The van der Waals surface area contributed by atoms with Crippen molar-refractivity contribution in [1.82, 2.24) is 39.7 Å². The topological polar surface area (TPSA) is 90.4 Å². The average Bonchev–Trinajstić information content (AvgIpc) is 3.26. The van der Waals surface area contributed by atoms with Crippen molar-refractivity contribution in [3.63, 3.8) is 0 Å². The molecule has 4 heterocycles. The Balaban J connectivity index is 1.84. The summed E-state index contributed by atoms with van der Waals surface area (Å²) in [7, 11) is 1.75. The number of hydrogen-bond donors (Lipinski definition) is 0. The molecule has 27 heavy (non-hydrogen) atoms. The van der Waals surface area contributed by atoms with Crippen LogP contribution in [0.5, 0.6) is 0 Å². The molecule has 0 spiro atoms. The minimum atomic E-state index is -2.72. The number of aromatic nitrogens is 8. The Hall–Kier alpha value is -2.72. The Morgan fingerprint density at radius 1 is 1.22 bits per heavy atom. The molecule has 0 bridgehead atoms. The molecule has 11 heteroatoms. The minimum absolute atomic E-state index is 0.186. The second-order valence-electron chi connectivity index (χ2n) is 7.91. The van der Waals surface area contributed by atoms with Gasteiger partial charge in [0.2, 0.25) is 0 Å². The second kappa shape index (κ2) is 5.89. The van der Waals surface area contributed by atoms with Crippen molar-refractivity contribution in [2.75, 3.05) is 18.0 Å². The molecule has 0 aromatic carbocycles. The summed E-state index contributed by atoms with van der Waals surface area (Å²) in [5.74, 6) is -1.04. The SMILES string of the molecule is Cn1nnnc1Cn1cnc2c(N3CCC(F)(F)C3)nc(C(C)(C)C)nc21. The fourth-order valence-corrected chi connectivity index (χ4v) is 3.05. The first-order chi connectivity index (χ1) is 12.6. The van der Waals surface area contributed by atoms with E-state index in [1.54, 1.807) is 23.0 Å². The van der Waals surface area contributed by atoms with E-state index in [1.807, 2.05) is 25.3 Å². The van der Waals surface area contributed by atoms with E-state index in [0.717, 1.165) is 0 Å². The Morgan fingerprint density at radius 2 is 2.00 bits per heavy atom. The maximum Gasteiger partial charge on any atom is 0.266 e. The zero-order valence-electron chi connectivity index (χ0n) is 15.7. The number of halogens is 2. The molecule has 0 radical (unpaired) electrons. The number of hydrogen-bond acceptors (Lipinski definition) is 7. The lowest BCUT2D eigenvalue weighted by Gasteiger charge is -2.22. The minimum Gasteiger partial charge on any atom is -0.348 e. The lowest BCUT2D eigenvalue weighted by molar-refractivity contribution is 0.0257. The average molecular weight is 377 g/mol. The lowest BCUT2D eigenvalue weighted by atomic mass is 9.96. The number of anilines is 1. The van der Waals surface area contributed by atoms with Crippen LogP contribution in [0.15, 0.2) is 6.33 Å². The van der Waals surface area contributed by atoms with E-state index in [2.05, 4.69) is 30.5 Å². The van der Waals surface area contributed by atoms with E-state index in [0.29, 0.717) is 35.2 Å².